The Labute approximate surface area is 138 Å². The summed E-state index contributed by atoms with van der Waals surface area (Å²) < 4.78 is 0. The first-order valence-electron chi connectivity index (χ1n) is 8.98. The number of nitrogens with zero attached hydrogens (tertiary/aromatic N) is 1. The molecule has 3 saturated heterocycles. The molecule has 1 aromatic heterocycles. The van der Waals surface area contributed by atoms with E-state index in [9.17, 15) is 0 Å². The summed E-state index contributed by atoms with van der Waals surface area (Å²) in [7, 11) is 0. The van der Waals surface area contributed by atoms with Gasteiger partial charge in [-0.15, -0.1) is 0 Å². The molecule has 0 bridgehead atoms. The minimum absolute atomic E-state index is 0.424. The second-order valence-corrected chi connectivity index (χ2v) is 7.08. The highest BCUT2D eigenvalue weighted by molar-refractivity contribution is 5.16. The lowest BCUT2D eigenvalue weighted by atomic mass is 9.82. The standard InChI is InChI=1S/C17H28N6/c1-2-12(9-19-5-1)15-8-14-16(22-23-17(14)11-21-15)10-20-13-3-6-18-7-4-13/h1-2,5,9,13-18,20-23H,3-4,6-8,10-11H2. The second kappa shape index (κ2) is 7.23. The second-order valence-electron chi connectivity index (χ2n) is 7.08. The fraction of sp³-hybridized carbons (Fsp3) is 0.706. The van der Waals surface area contributed by atoms with Crippen LogP contribution in [0.15, 0.2) is 24.5 Å². The molecule has 3 aliphatic heterocycles. The Hall–Kier alpha value is -1.05. The molecule has 0 amide bonds. The van der Waals surface area contributed by atoms with Crippen molar-refractivity contribution in [2.75, 3.05) is 26.2 Å². The van der Waals surface area contributed by atoms with Gasteiger partial charge in [-0.1, -0.05) is 6.07 Å². The van der Waals surface area contributed by atoms with Gasteiger partial charge in [0, 0.05) is 49.7 Å². The van der Waals surface area contributed by atoms with E-state index in [0.29, 0.717) is 30.1 Å². The van der Waals surface area contributed by atoms with Crippen molar-refractivity contribution in [1.82, 2.24) is 31.8 Å². The van der Waals surface area contributed by atoms with Crippen LogP contribution in [-0.2, 0) is 0 Å². The van der Waals surface area contributed by atoms with Crippen molar-refractivity contribution in [3.8, 4) is 0 Å². The molecule has 6 nitrogen and oxygen atoms in total. The molecule has 4 heterocycles. The maximum atomic E-state index is 4.27. The quantitative estimate of drug-likeness (QED) is 0.535. The molecule has 3 fully saturated rings. The van der Waals surface area contributed by atoms with Gasteiger partial charge in [0.05, 0.1) is 0 Å². The van der Waals surface area contributed by atoms with Crippen LogP contribution in [0.5, 0.6) is 0 Å². The van der Waals surface area contributed by atoms with E-state index in [2.05, 4.69) is 37.9 Å². The van der Waals surface area contributed by atoms with Crippen LogP contribution in [0.25, 0.3) is 0 Å². The van der Waals surface area contributed by atoms with E-state index in [1.165, 1.54) is 18.4 Å². The van der Waals surface area contributed by atoms with Gasteiger partial charge in [-0.3, -0.25) is 15.8 Å². The predicted molar refractivity (Wildman–Crippen MR) is 90.8 cm³/mol. The maximum Gasteiger partial charge on any atom is 0.0382 e. The monoisotopic (exact) mass is 316 g/mol. The Morgan fingerprint density at radius 2 is 2.13 bits per heavy atom. The van der Waals surface area contributed by atoms with Gasteiger partial charge in [-0.2, -0.15) is 0 Å². The number of hydrogen-bond donors (Lipinski definition) is 5. The lowest BCUT2D eigenvalue weighted by Gasteiger charge is -2.35. The van der Waals surface area contributed by atoms with Crippen LogP contribution in [0, 0.1) is 5.92 Å². The van der Waals surface area contributed by atoms with Gasteiger partial charge in [-0.25, -0.2) is 0 Å². The molecule has 6 heteroatoms. The topological polar surface area (TPSA) is 73.0 Å². The number of pyridine rings is 1. The Morgan fingerprint density at radius 1 is 1.22 bits per heavy atom. The first-order chi connectivity index (χ1) is 11.4. The first-order valence-corrected chi connectivity index (χ1v) is 8.98. The SMILES string of the molecule is c1cncc(C2CC3C(CNC4CCNCC4)NNC3CN2)c1. The van der Waals surface area contributed by atoms with Crippen molar-refractivity contribution >= 4 is 0 Å². The lowest BCUT2D eigenvalue weighted by Crippen LogP contribution is -2.49. The Bertz CT molecular complexity index is 489. The number of hydrazine groups is 1. The molecule has 1 aromatic rings. The number of nitrogens with one attached hydrogen (secondary N) is 5. The number of fused-ring (bicyclic) bond motifs is 1. The minimum Gasteiger partial charge on any atom is -0.317 e. The van der Waals surface area contributed by atoms with E-state index in [0.717, 1.165) is 32.6 Å². The molecule has 0 saturated carbocycles. The van der Waals surface area contributed by atoms with Gasteiger partial charge < -0.3 is 16.0 Å². The molecule has 3 aliphatic rings. The largest absolute Gasteiger partial charge is 0.317 e. The van der Waals surface area contributed by atoms with Gasteiger partial charge in [0.25, 0.3) is 0 Å². The van der Waals surface area contributed by atoms with Crippen LogP contribution in [0.3, 0.4) is 0 Å². The Morgan fingerprint density at radius 3 is 2.96 bits per heavy atom. The summed E-state index contributed by atoms with van der Waals surface area (Å²) in [6.07, 6.45) is 7.49. The average molecular weight is 316 g/mol. The average Bonchev–Trinajstić information content (AvgIpc) is 3.04. The van der Waals surface area contributed by atoms with E-state index in [1.54, 1.807) is 0 Å². The van der Waals surface area contributed by atoms with Gasteiger partial charge in [0.15, 0.2) is 0 Å². The van der Waals surface area contributed by atoms with Crippen LogP contribution < -0.4 is 26.8 Å². The molecular formula is C17H28N6. The number of piperidine rings is 2. The highest BCUT2D eigenvalue weighted by Crippen LogP contribution is 2.31. The summed E-state index contributed by atoms with van der Waals surface area (Å²) in [5.41, 5.74) is 8.32. The van der Waals surface area contributed by atoms with Crippen LogP contribution in [-0.4, -0.2) is 49.3 Å². The highest BCUT2D eigenvalue weighted by atomic mass is 15.4. The van der Waals surface area contributed by atoms with Crippen molar-refractivity contribution in [3.63, 3.8) is 0 Å². The van der Waals surface area contributed by atoms with Gasteiger partial charge in [-0.05, 0) is 49.9 Å². The third kappa shape index (κ3) is 3.56. The summed E-state index contributed by atoms with van der Waals surface area (Å²) in [5.74, 6) is 0.663. The Kier molecular flexibility index (Phi) is 4.87. The fourth-order valence-corrected chi connectivity index (χ4v) is 4.22. The van der Waals surface area contributed by atoms with Crippen molar-refractivity contribution in [2.24, 2.45) is 5.92 Å². The zero-order valence-corrected chi connectivity index (χ0v) is 13.6. The smallest absolute Gasteiger partial charge is 0.0382 e. The zero-order valence-electron chi connectivity index (χ0n) is 13.6. The molecule has 0 aliphatic carbocycles. The lowest BCUT2D eigenvalue weighted by molar-refractivity contribution is 0.256. The first kappa shape index (κ1) is 15.5. The molecule has 4 atom stereocenters. The van der Waals surface area contributed by atoms with E-state index >= 15 is 0 Å². The van der Waals surface area contributed by atoms with E-state index in [4.69, 9.17) is 0 Å². The zero-order chi connectivity index (χ0) is 15.5. The molecule has 4 unspecified atom stereocenters. The molecule has 0 radical (unpaired) electrons. The molecule has 0 spiro atoms. The third-order valence-corrected chi connectivity index (χ3v) is 5.63. The third-order valence-electron chi connectivity index (χ3n) is 5.63. The summed E-state index contributed by atoms with van der Waals surface area (Å²) in [6.45, 7) is 4.36. The van der Waals surface area contributed by atoms with Crippen molar-refractivity contribution < 1.29 is 0 Å². The maximum absolute atomic E-state index is 4.27. The van der Waals surface area contributed by atoms with Gasteiger partial charge in [0.2, 0.25) is 0 Å². The molecular weight excluding hydrogens is 288 g/mol. The highest BCUT2D eigenvalue weighted by Gasteiger charge is 2.40. The van der Waals surface area contributed by atoms with Crippen LogP contribution in [0.2, 0.25) is 0 Å². The number of aromatic nitrogens is 1. The number of hydrogen-bond acceptors (Lipinski definition) is 6. The van der Waals surface area contributed by atoms with E-state index in [-0.39, 0.29) is 0 Å². The summed E-state index contributed by atoms with van der Waals surface area (Å²) >= 11 is 0. The molecule has 126 valence electrons. The van der Waals surface area contributed by atoms with Crippen molar-refractivity contribution in [2.45, 2.75) is 43.4 Å². The summed E-state index contributed by atoms with van der Waals surface area (Å²) in [5, 5.41) is 10.9. The summed E-state index contributed by atoms with van der Waals surface area (Å²) in [4.78, 5) is 4.27. The molecule has 4 rings (SSSR count). The van der Waals surface area contributed by atoms with Crippen LogP contribution in [0.1, 0.15) is 30.9 Å². The normalized spacial score (nSPS) is 35.1. The van der Waals surface area contributed by atoms with E-state index < -0.39 is 0 Å². The molecule has 0 aromatic carbocycles. The molecule has 5 N–H and O–H groups in total. The van der Waals surface area contributed by atoms with Crippen molar-refractivity contribution in [3.05, 3.63) is 30.1 Å². The summed E-state index contributed by atoms with van der Waals surface area (Å²) in [6, 6.07) is 6.35. The predicted octanol–water partition coefficient (Wildman–Crippen LogP) is -0.0812. The van der Waals surface area contributed by atoms with Crippen molar-refractivity contribution in [1.29, 1.82) is 0 Å². The van der Waals surface area contributed by atoms with Crippen LogP contribution >= 0.6 is 0 Å². The van der Waals surface area contributed by atoms with Crippen LogP contribution in [0.4, 0.5) is 0 Å². The fourth-order valence-electron chi connectivity index (χ4n) is 4.22. The number of rotatable bonds is 4. The van der Waals surface area contributed by atoms with Gasteiger partial charge >= 0.3 is 0 Å². The van der Waals surface area contributed by atoms with E-state index in [1.807, 2.05) is 18.5 Å². The minimum atomic E-state index is 0.424. The van der Waals surface area contributed by atoms with Gasteiger partial charge in [0.1, 0.15) is 0 Å². The molecule has 23 heavy (non-hydrogen) atoms. The Balaban J connectivity index is 1.34.